The van der Waals surface area contributed by atoms with E-state index in [4.69, 9.17) is 0 Å². The van der Waals surface area contributed by atoms with Crippen molar-refractivity contribution < 1.29 is 5.11 Å². The number of aromatic hydroxyl groups is 1. The lowest BCUT2D eigenvalue weighted by atomic mass is 9.93. The Kier molecular flexibility index (Phi) is 4.36. The number of rotatable bonds is 6. The Morgan fingerprint density at radius 2 is 1.60 bits per heavy atom. The average molecular weight is 265 g/mol. The molecule has 1 N–H and O–H groups in total. The highest BCUT2D eigenvalue weighted by Crippen LogP contribution is 2.31. The van der Waals surface area contributed by atoms with E-state index in [1.54, 1.807) is 6.08 Å². The lowest BCUT2D eigenvalue weighted by molar-refractivity contribution is 0.449. The molecule has 1 heterocycles. The molecule has 0 aliphatic rings. The highest BCUT2D eigenvalue weighted by atomic mass is 16.3. The maximum Gasteiger partial charge on any atom is 0.215 e. The summed E-state index contributed by atoms with van der Waals surface area (Å²) in [7, 11) is 0. The quantitative estimate of drug-likeness (QED) is 0.797. The lowest BCUT2D eigenvalue weighted by Crippen LogP contribution is -2.00. The maximum atomic E-state index is 10.2. The molecule has 0 saturated heterocycles. The largest absolute Gasteiger partial charge is 0.493 e. The molecular formula is C18H19NO. The summed E-state index contributed by atoms with van der Waals surface area (Å²) in [5, 5.41) is 11.3. The van der Waals surface area contributed by atoms with E-state index >= 15 is 0 Å². The number of hydrogen-bond donors (Lipinski definition) is 1. The Bertz CT molecular complexity index is 671. The van der Waals surface area contributed by atoms with E-state index in [2.05, 4.69) is 30.8 Å². The van der Waals surface area contributed by atoms with Crippen LogP contribution in [-0.4, -0.2) is 10.1 Å². The van der Waals surface area contributed by atoms with Crippen molar-refractivity contribution in [1.82, 2.24) is 4.98 Å². The van der Waals surface area contributed by atoms with Crippen molar-refractivity contribution in [2.75, 3.05) is 0 Å². The SMILES string of the molecule is C=CCc1c(O)nc2cccc(CC=C)c2c1CC=C. The van der Waals surface area contributed by atoms with Crippen molar-refractivity contribution in [1.29, 1.82) is 0 Å². The Morgan fingerprint density at radius 1 is 0.950 bits per heavy atom. The molecule has 2 rings (SSSR count). The van der Waals surface area contributed by atoms with Crippen molar-refractivity contribution in [3.05, 3.63) is 72.9 Å². The van der Waals surface area contributed by atoms with Crippen LogP contribution in [0.5, 0.6) is 5.88 Å². The van der Waals surface area contributed by atoms with E-state index in [-0.39, 0.29) is 5.88 Å². The van der Waals surface area contributed by atoms with Gasteiger partial charge in [-0.3, -0.25) is 0 Å². The fraction of sp³-hybridized carbons (Fsp3) is 0.167. The number of nitrogens with zero attached hydrogens (tertiary/aromatic N) is 1. The molecule has 2 heteroatoms. The Morgan fingerprint density at radius 3 is 2.25 bits per heavy atom. The fourth-order valence-electron chi connectivity index (χ4n) is 2.55. The highest BCUT2D eigenvalue weighted by Gasteiger charge is 2.14. The first-order valence-electron chi connectivity index (χ1n) is 6.67. The first-order chi connectivity index (χ1) is 9.72. The first-order valence-corrected chi connectivity index (χ1v) is 6.67. The van der Waals surface area contributed by atoms with Gasteiger partial charge in [-0.25, -0.2) is 4.98 Å². The van der Waals surface area contributed by atoms with Gasteiger partial charge < -0.3 is 5.11 Å². The zero-order chi connectivity index (χ0) is 14.5. The van der Waals surface area contributed by atoms with Gasteiger partial charge in [-0.05, 0) is 36.5 Å². The van der Waals surface area contributed by atoms with Crippen LogP contribution in [0.15, 0.2) is 56.2 Å². The second kappa shape index (κ2) is 6.20. The van der Waals surface area contributed by atoms with Crippen LogP contribution < -0.4 is 0 Å². The molecule has 1 aromatic heterocycles. The van der Waals surface area contributed by atoms with Crippen LogP contribution in [0.1, 0.15) is 16.7 Å². The summed E-state index contributed by atoms with van der Waals surface area (Å²) in [6.45, 7) is 11.4. The van der Waals surface area contributed by atoms with Gasteiger partial charge in [-0.2, -0.15) is 0 Å². The second-order valence-electron chi connectivity index (χ2n) is 4.68. The van der Waals surface area contributed by atoms with Gasteiger partial charge in [0.15, 0.2) is 0 Å². The lowest BCUT2D eigenvalue weighted by Gasteiger charge is -2.14. The third-order valence-corrected chi connectivity index (χ3v) is 3.35. The highest BCUT2D eigenvalue weighted by molar-refractivity contribution is 5.88. The summed E-state index contributed by atoms with van der Waals surface area (Å²) in [5.41, 5.74) is 3.91. The molecule has 1 aromatic carbocycles. The predicted molar refractivity (Wildman–Crippen MR) is 85.1 cm³/mol. The topological polar surface area (TPSA) is 33.1 Å². The summed E-state index contributed by atoms with van der Waals surface area (Å²) in [6.07, 6.45) is 7.59. The molecule has 0 aliphatic heterocycles. The summed E-state index contributed by atoms with van der Waals surface area (Å²) in [4.78, 5) is 4.32. The molecule has 0 atom stereocenters. The van der Waals surface area contributed by atoms with Crippen LogP contribution in [0, 0.1) is 0 Å². The molecule has 0 fully saturated rings. The number of pyridine rings is 1. The number of fused-ring (bicyclic) bond motifs is 1. The number of hydrogen-bond acceptors (Lipinski definition) is 2. The summed E-state index contributed by atoms with van der Waals surface area (Å²) in [5.74, 6) is 0.0880. The smallest absolute Gasteiger partial charge is 0.215 e. The van der Waals surface area contributed by atoms with Crippen LogP contribution in [0.25, 0.3) is 10.9 Å². The summed E-state index contributed by atoms with van der Waals surface area (Å²) >= 11 is 0. The normalized spacial score (nSPS) is 10.4. The van der Waals surface area contributed by atoms with E-state index < -0.39 is 0 Å². The van der Waals surface area contributed by atoms with Crippen LogP contribution in [0.3, 0.4) is 0 Å². The van der Waals surface area contributed by atoms with Gasteiger partial charge in [0.25, 0.3) is 0 Å². The minimum absolute atomic E-state index is 0.0880. The first kappa shape index (κ1) is 14.1. The maximum absolute atomic E-state index is 10.2. The van der Waals surface area contributed by atoms with E-state index in [0.29, 0.717) is 12.8 Å². The standard InChI is InChI=1S/C18H19NO/c1-4-8-13-11-7-12-16-17(13)14(9-5-2)15(10-6-3)18(20)19-16/h4-7,11-12H,1-3,8-10H2,(H,19,20). The minimum Gasteiger partial charge on any atom is -0.493 e. The molecule has 0 aliphatic carbocycles. The van der Waals surface area contributed by atoms with Crippen LogP contribution in [0.4, 0.5) is 0 Å². The summed E-state index contributed by atoms with van der Waals surface area (Å²) < 4.78 is 0. The molecule has 0 radical (unpaired) electrons. The Hall–Kier alpha value is -2.35. The van der Waals surface area contributed by atoms with Gasteiger partial charge in [0.05, 0.1) is 5.52 Å². The third-order valence-electron chi connectivity index (χ3n) is 3.35. The molecule has 0 bridgehead atoms. The zero-order valence-electron chi connectivity index (χ0n) is 11.6. The van der Waals surface area contributed by atoms with E-state index in [1.165, 1.54) is 5.56 Å². The predicted octanol–water partition coefficient (Wildman–Crippen LogP) is 4.13. The molecule has 2 nitrogen and oxygen atoms in total. The van der Waals surface area contributed by atoms with Gasteiger partial charge in [0.2, 0.25) is 5.88 Å². The average Bonchev–Trinajstić information content (AvgIpc) is 2.43. The zero-order valence-corrected chi connectivity index (χ0v) is 11.6. The molecule has 102 valence electrons. The van der Waals surface area contributed by atoms with Gasteiger partial charge >= 0.3 is 0 Å². The Labute approximate surface area is 119 Å². The van der Waals surface area contributed by atoms with Gasteiger partial charge in [0, 0.05) is 10.9 Å². The van der Waals surface area contributed by atoms with E-state index in [0.717, 1.165) is 28.5 Å². The van der Waals surface area contributed by atoms with Crippen molar-refractivity contribution >= 4 is 10.9 Å². The molecular weight excluding hydrogens is 246 g/mol. The van der Waals surface area contributed by atoms with Crippen LogP contribution >= 0.6 is 0 Å². The van der Waals surface area contributed by atoms with E-state index in [9.17, 15) is 5.11 Å². The fourth-order valence-corrected chi connectivity index (χ4v) is 2.55. The third kappa shape index (κ3) is 2.50. The van der Waals surface area contributed by atoms with Crippen molar-refractivity contribution in [2.45, 2.75) is 19.3 Å². The number of aromatic nitrogens is 1. The van der Waals surface area contributed by atoms with Crippen molar-refractivity contribution in [2.24, 2.45) is 0 Å². The second-order valence-corrected chi connectivity index (χ2v) is 4.68. The molecule has 0 amide bonds. The van der Waals surface area contributed by atoms with Crippen LogP contribution in [0.2, 0.25) is 0 Å². The molecule has 0 unspecified atom stereocenters. The molecule has 2 aromatic rings. The van der Waals surface area contributed by atoms with Crippen LogP contribution in [-0.2, 0) is 19.3 Å². The number of allylic oxidation sites excluding steroid dienone is 3. The van der Waals surface area contributed by atoms with Gasteiger partial charge in [-0.15, -0.1) is 19.7 Å². The molecule has 0 saturated carbocycles. The summed E-state index contributed by atoms with van der Waals surface area (Å²) in [6, 6.07) is 5.96. The van der Waals surface area contributed by atoms with Crippen molar-refractivity contribution in [3.63, 3.8) is 0 Å². The van der Waals surface area contributed by atoms with Gasteiger partial charge in [0.1, 0.15) is 0 Å². The van der Waals surface area contributed by atoms with E-state index in [1.807, 2.05) is 24.3 Å². The minimum atomic E-state index is 0.0880. The Balaban J connectivity index is 2.84. The molecule has 20 heavy (non-hydrogen) atoms. The monoisotopic (exact) mass is 265 g/mol. The number of benzene rings is 1. The van der Waals surface area contributed by atoms with Crippen molar-refractivity contribution in [3.8, 4) is 5.88 Å². The van der Waals surface area contributed by atoms with Gasteiger partial charge in [-0.1, -0.05) is 30.4 Å². The molecule has 0 spiro atoms.